The summed E-state index contributed by atoms with van der Waals surface area (Å²) in [5.41, 5.74) is 12.0. The zero-order valence-corrected chi connectivity index (χ0v) is 45.9. The molecule has 1 aliphatic heterocycles. The third-order valence-electron chi connectivity index (χ3n) is 13.1. The van der Waals surface area contributed by atoms with Crippen LogP contribution in [0.3, 0.4) is 0 Å². The predicted octanol–water partition coefficient (Wildman–Crippen LogP) is 11.3. The summed E-state index contributed by atoms with van der Waals surface area (Å²) in [6.07, 6.45) is 11.0. The standard InChI is InChI=1S/C32H37F3N8O2.C24H35N3O2.C2H6/c1-41-21-27-26-19-22(11-16-28(26)43(30(27)39-41)25-14-12-23(13-15-25)32(33,34)35)31(45)37-17-7-2-3-8-18-42-20-24(38-40-42)9-5-4-6-10-29(36)44;1-7-25-18(3)17(2)20-12-10-19(11-13-20)16-26-23(29)21-9-8-14-27(21)22(28)15-24(4,5)6;1-2/h11-16,19-21H,2-10,17-18H2,1H3,(H2,36,44)(H,37,45);7,10-13,21H,8-9,14-16H2,1-6H3,(H,26,29);1-2H3/b;18-17+,25-7?;. The largest absolute Gasteiger partial charge is 0.416 e. The molecule has 76 heavy (non-hydrogen) atoms. The highest BCUT2D eigenvalue weighted by Crippen LogP contribution is 2.34. The van der Waals surface area contributed by atoms with E-state index in [0.717, 1.165) is 127 Å². The maximum Gasteiger partial charge on any atom is 0.416 e. The Hall–Kier alpha value is -7.11. The molecule has 0 bridgehead atoms. The summed E-state index contributed by atoms with van der Waals surface area (Å²) < 4.78 is 44.7. The molecule has 3 aromatic heterocycles. The van der Waals surface area contributed by atoms with Crippen molar-refractivity contribution in [2.45, 2.75) is 158 Å². The molecule has 4 heterocycles. The zero-order valence-electron chi connectivity index (χ0n) is 45.9. The fourth-order valence-corrected chi connectivity index (χ4v) is 9.07. The van der Waals surface area contributed by atoms with E-state index in [4.69, 9.17) is 5.73 Å². The Balaban J connectivity index is 0.000000298. The Kier molecular flexibility index (Phi) is 22.1. The smallest absolute Gasteiger partial charge is 0.370 e. The predicted molar refractivity (Wildman–Crippen MR) is 296 cm³/mol. The van der Waals surface area contributed by atoms with E-state index in [0.29, 0.717) is 49.4 Å². The number of nitrogens with one attached hydrogen (secondary N) is 2. The van der Waals surface area contributed by atoms with Gasteiger partial charge in [0, 0.05) is 92.4 Å². The Morgan fingerprint density at radius 3 is 2.20 bits per heavy atom. The van der Waals surface area contributed by atoms with E-state index in [1.165, 1.54) is 12.1 Å². The van der Waals surface area contributed by atoms with Gasteiger partial charge < -0.3 is 21.3 Å². The van der Waals surface area contributed by atoms with Crippen LogP contribution in [0.1, 0.15) is 159 Å². The number of likely N-dealkylation sites (tertiary alicyclic amines) is 1. The quantitative estimate of drug-likeness (QED) is 0.0472. The topological polar surface area (TPSA) is 187 Å². The van der Waals surface area contributed by atoms with Crippen LogP contribution in [-0.2, 0) is 47.1 Å². The number of nitrogens with two attached hydrogens (primary N) is 1. The molecule has 0 saturated carbocycles. The Bertz CT molecular complexity index is 2920. The molecule has 1 fully saturated rings. The fourth-order valence-electron chi connectivity index (χ4n) is 9.07. The van der Waals surface area contributed by atoms with Crippen LogP contribution in [0.25, 0.3) is 33.2 Å². The van der Waals surface area contributed by atoms with Gasteiger partial charge in [-0.3, -0.25) is 38.1 Å². The molecule has 410 valence electrons. The van der Waals surface area contributed by atoms with Crippen LogP contribution in [0.5, 0.6) is 0 Å². The number of aryl methyl sites for hydroxylation is 3. The number of fused-ring (bicyclic) bond motifs is 3. The average Bonchev–Trinajstić information content (AvgIpc) is 4.20. The number of nitrogens with zero attached hydrogens (tertiary/aromatic N) is 8. The van der Waals surface area contributed by atoms with Crippen LogP contribution in [0.2, 0.25) is 0 Å². The number of aromatic nitrogens is 6. The lowest BCUT2D eigenvalue weighted by molar-refractivity contribution is -0.139. The lowest BCUT2D eigenvalue weighted by atomic mass is 9.91. The lowest BCUT2D eigenvalue weighted by Crippen LogP contribution is -2.46. The zero-order chi connectivity index (χ0) is 55.6. The van der Waals surface area contributed by atoms with Gasteiger partial charge in [-0.2, -0.15) is 18.3 Å². The molecule has 1 aliphatic rings. The van der Waals surface area contributed by atoms with E-state index in [9.17, 15) is 32.3 Å². The highest BCUT2D eigenvalue weighted by atomic mass is 19.4. The van der Waals surface area contributed by atoms with E-state index in [2.05, 4.69) is 50.1 Å². The van der Waals surface area contributed by atoms with E-state index >= 15 is 0 Å². The minimum Gasteiger partial charge on any atom is -0.370 e. The number of carbonyl (C=O) groups excluding carboxylic acids is 4. The molecule has 15 nitrogen and oxygen atoms in total. The van der Waals surface area contributed by atoms with Crippen molar-refractivity contribution in [3.63, 3.8) is 0 Å². The Morgan fingerprint density at radius 2 is 1.53 bits per heavy atom. The third kappa shape index (κ3) is 17.2. The molecule has 1 atom stereocenters. The molecule has 4 N–H and O–H groups in total. The van der Waals surface area contributed by atoms with E-state index in [1.54, 1.807) is 28.9 Å². The highest BCUT2D eigenvalue weighted by molar-refractivity contribution is 6.10. The van der Waals surface area contributed by atoms with Crippen LogP contribution < -0.4 is 16.4 Å². The number of primary amides is 1. The first-order valence-corrected chi connectivity index (χ1v) is 26.7. The number of benzene rings is 3. The number of rotatable bonds is 21. The molecule has 0 radical (unpaired) electrons. The van der Waals surface area contributed by atoms with Gasteiger partial charge in [0.15, 0.2) is 5.65 Å². The molecule has 0 aliphatic carbocycles. The molecule has 4 amide bonds. The lowest BCUT2D eigenvalue weighted by Gasteiger charge is -2.27. The van der Waals surface area contributed by atoms with Crippen molar-refractivity contribution in [1.29, 1.82) is 0 Å². The first kappa shape index (κ1) is 59.8. The van der Waals surface area contributed by atoms with Crippen LogP contribution in [0, 0.1) is 5.41 Å². The molecule has 18 heteroatoms. The van der Waals surface area contributed by atoms with Gasteiger partial charge in [-0.05, 0) is 130 Å². The van der Waals surface area contributed by atoms with Gasteiger partial charge >= 0.3 is 6.18 Å². The number of allylic oxidation sites excluding steroid dienone is 2. The number of halogens is 3. The SMILES string of the molecule is CC.CC=N/C(C)=C(\C)c1ccc(CNC(=O)C2CCCN2C(=O)CC(C)(C)C)cc1.Cn1cc2c3cc(C(=O)NCCCCCCn4cc(CCCCCC(N)=O)nn4)ccc3n(-c3ccc(C(F)(F)F)cc3)c2n1. The first-order valence-electron chi connectivity index (χ1n) is 26.7. The average molecular weight is 1050 g/mol. The second-order valence-electron chi connectivity index (χ2n) is 20.3. The van der Waals surface area contributed by atoms with Crippen LogP contribution in [0.4, 0.5) is 13.2 Å². The number of unbranched alkanes of at least 4 members (excludes halogenated alkanes) is 5. The van der Waals surface area contributed by atoms with Gasteiger partial charge in [0.2, 0.25) is 17.7 Å². The van der Waals surface area contributed by atoms with Gasteiger partial charge in [0.1, 0.15) is 6.04 Å². The summed E-state index contributed by atoms with van der Waals surface area (Å²) in [6, 6.07) is 18.1. The van der Waals surface area contributed by atoms with Crippen molar-refractivity contribution >= 4 is 57.4 Å². The third-order valence-corrected chi connectivity index (χ3v) is 13.1. The minimum absolute atomic E-state index is 0.0574. The van der Waals surface area contributed by atoms with Crippen LogP contribution >= 0.6 is 0 Å². The molecule has 0 spiro atoms. The number of alkyl halides is 3. The van der Waals surface area contributed by atoms with Crippen molar-refractivity contribution in [3.8, 4) is 5.69 Å². The van der Waals surface area contributed by atoms with Gasteiger partial charge in [-0.25, -0.2) is 0 Å². The van der Waals surface area contributed by atoms with Crippen molar-refractivity contribution < 1.29 is 32.3 Å². The van der Waals surface area contributed by atoms with Crippen LogP contribution in [0.15, 0.2) is 89.8 Å². The Morgan fingerprint density at radius 1 is 0.842 bits per heavy atom. The molecule has 6 aromatic rings. The van der Waals surface area contributed by atoms with Crippen molar-refractivity contribution in [3.05, 3.63) is 113 Å². The summed E-state index contributed by atoms with van der Waals surface area (Å²) in [7, 11) is 1.78. The van der Waals surface area contributed by atoms with Crippen molar-refractivity contribution in [1.82, 2.24) is 44.9 Å². The molecular formula is C58H78F3N11O4. The maximum atomic E-state index is 13.1. The van der Waals surface area contributed by atoms with Gasteiger partial charge in [0.25, 0.3) is 5.91 Å². The van der Waals surface area contributed by atoms with E-state index in [1.807, 2.05) is 94.4 Å². The minimum atomic E-state index is -4.42. The summed E-state index contributed by atoms with van der Waals surface area (Å²) in [6.45, 7) is 18.6. The first-order chi connectivity index (χ1) is 36.2. The molecule has 1 unspecified atom stereocenters. The summed E-state index contributed by atoms with van der Waals surface area (Å²) in [5, 5.41) is 20.6. The van der Waals surface area contributed by atoms with Crippen LogP contribution in [-0.4, -0.2) is 83.2 Å². The fraction of sp³-hybridized carbons (Fsp3) is 0.483. The van der Waals surface area contributed by atoms with E-state index in [-0.39, 0.29) is 35.1 Å². The summed E-state index contributed by atoms with van der Waals surface area (Å²) in [4.78, 5) is 55.2. The number of aliphatic imine (C=N–C) groups is 1. The number of amides is 4. The second kappa shape index (κ2) is 28.1. The molecule has 1 saturated heterocycles. The normalized spacial score (nSPS) is 14.1. The highest BCUT2D eigenvalue weighted by Gasteiger charge is 2.35. The monoisotopic (exact) mass is 1050 g/mol. The number of hydrogen-bond acceptors (Lipinski definition) is 8. The van der Waals surface area contributed by atoms with Crippen molar-refractivity contribution in [2.75, 3.05) is 13.1 Å². The summed E-state index contributed by atoms with van der Waals surface area (Å²) in [5.74, 6) is -0.423. The van der Waals surface area contributed by atoms with Gasteiger partial charge in [-0.1, -0.05) is 83.4 Å². The molecule has 3 aromatic carbocycles. The van der Waals surface area contributed by atoms with Crippen molar-refractivity contribution in [2.24, 2.45) is 23.2 Å². The van der Waals surface area contributed by atoms with Gasteiger partial charge in [-0.15, -0.1) is 5.10 Å². The van der Waals surface area contributed by atoms with E-state index < -0.39 is 11.7 Å². The Labute approximate surface area is 445 Å². The number of hydrogen-bond donors (Lipinski definition) is 3. The summed E-state index contributed by atoms with van der Waals surface area (Å²) >= 11 is 0. The van der Waals surface area contributed by atoms with Gasteiger partial charge in [0.05, 0.1) is 16.8 Å². The molecular weight excluding hydrogens is 972 g/mol. The second-order valence-corrected chi connectivity index (χ2v) is 20.3. The molecule has 7 rings (SSSR count). The maximum absolute atomic E-state index is 13.1. The number of carbonyl (C=O) groups is 4.